The number of carboxylic acid groups (broad SMARTS) is 1. The first-order chi connectivity index (χ1) is 12.6. The van der Waals surface area contributed by atoms with Gasteiger partial charge in [0.05, 0.1) is 5.57 Å². The molecule has 0 bridgehead atoms. The molecule has 27 heavy (non-hydrogen) atoms. The molecule has 0 saturated heterocycles. The van der Waals surface area contributed by atoms with Crippen molar-refractivity contribution in [3.8, 4) is 11.1 Å². The first kappa shape index (κ1) is 21.1. The van der Waals surface area contributed by atoms with Crippen LogP contribution in [-0.4, -0.2) is 29.1 Å². The number of benzene rings is 2. The number of rotatable bonds is 6. The zero-order valence-electron chi connectivity index (χ0n) is 15.2. The number of carboxylic acids is 1. The van der Waals surface area contributed by atoms with Gasteiger partial charge in [-0.1, -0.05) is 67.4 Å². The van der Waals surface area contributed by atoms with Crippen LogP contribution in [0, 0.1) is 0 Å². The molecule has 1 aliphatic rings. The lowest BCUT2D eigenvalue weighted by atomic mass is 9.94. The standard InChI is InChI=1S/C22H22ClNO2.ClH/c1-2-3-12-24-13-11-19(22(25)26)20(15-24)17-9-10-18(21(23)14-17)16-7-5-4-6-8-16;/h4-11,13-14H,2-3,12,15H2,1H3,(H,25,26);1H. The Kier molecular flexibility index (Phi) is 7.52. The van der Waals surface area contributed by atoms with E-state index < -0.39 is 5.97 Å². The van der Waals surface area contributed by atoms with Crippen LogP contribution in [0.15, 0.2) is 66.4 Å². The Morgan fingerprint density at radius 2 is 1.89 bits per heavy atom. The van der Waals surface area contributed by atoms with E-state index in [0.29, 0.717) is 17.1 Å². The lowest BCUT2D eigenvalue weighted by Gasteiger charge is -2.27. The van der Waals surface area contributed by atoms with Crippen LogP contribution < -0.4 is 0 Å². The molecule has 142 valence electrons. The summed E-state index contributed by atoms with van der Waals surface area (Å²) < 4.78 is 0. The minimum absolute atomic E-state index is 0. The highest BCUT2D eigenvalue weighted by Crippen LogP contribution is 2.33. The summed E-state index contributed by atoms with van der Waals surface area (Å²) in [4.78, 5) is 13.8. The van der Waals surface area contributed by atoms with Crippen LogP contribution in [0.1, 0.15) is 25.3 Å². The van der Waals surface area contributed by atoms with Crippen molar-refractivity contribution >= 4 is 35.6 Å². The number of halogens is 2. The van der Waals surface area contributed by atoms with Crippen molar-refractivity contribution < 1.29 is 9.90 Å². The number of hydrogen-bond acceptors (Lipinski definition) is 2. The van der Waals surface area contributed by atoms with E-state index in [2.05, 4.69) is 11.8 Å². The van der Waals surface area contributed by atoms with Crippen LogP contribution in [0.2, 0.25) is 5.02 Å². The maximum atomic E-state index is 11.7. The second kappa shape index (κ2) is 9.63. The Morgan fingerprint density at radius 1 is 1.15 bits per heavy atom. The van der Waals surface area contributed by atoms with E-state index in [-0.39, 0.29) is 12.4 Å². The van der Waals surface area contributed by atoms with Gasteiger partial charge < -0.3 is 10.0 Å². The molecule has 1 heterocycles. The van der Waals surface area contributed by atoms with Gasteiger partial charge in [-0.25, -0.2) is 4.79 Å². The summed E-state index contributed by atoms with van der Waals surface area (Å²) in [6, 6.07) is 15.7. The molecule has 0 unspecified atom stereocenters. The molecule has 0 radical (unpaired) electrons. The van der Waals surface area contributed by atoms with E-state index in [1.807, 2.05) is 54.7 Å². The molecule has 2 aromatic rings. The second-order valence-corrected chi connectivity index (χ2v) is 6.80. The largest absolute Gasteiger partial charge is 0.478 e. The van der Waals surface area contributed by atoms with Gasteiger partial charge in [-0.15, -0.1) is 12.4 Å². The summed E-state index contributed by atoms with van der Waals surface area (Å²) in [6.45, 7) is 3.65. The molecular weight excluding hydrogens is 381 g/mol. The summed E-state index contributed by atoms with van der Waals surface area (Å²) in [6.07, 6.45) is 5.75. The maximum Gasteiger partial charge on any atom is 0.336 e. The van der Waals surface area contributed by atoms with E-state index in [1.165, 1.54) is 0 Å². The summed E-state index contributed by atoms with van der Waals surface area (Å²) >= 11 is 6.53. The normalized spacial score (nSPS) is 13.5. The Morgan fingerprint density at radius 3 is 2.52 bits per heavy atom. The highest BCUT2D eigenvalue weighted by atomic mass is 35.5. The molecule has 5 heteroatoms. The third-order valence-electron chi connectivity index (χ3n) is 4.57. The molecule has 0 saturated carbocycles. The minimum atomic E-state index is -0.908. The molecular formula is C22H23Cl2NO2. The Labute approximate surface area is 171 Å². The number of aliphatic carboxylic acids is 1. The second-order valence-electron chi connectivity index (χ2n) is 6.40. The topological polar surface area (TPSA) is 40.5 Å². The van der Waals surface area contributed by atoms with Crippen molar-refractivity contribution in [2.75, 3.05) is 13.1 Å². The van der Waals surface area contributed by atoms with Gasteiger partial charge in [0.1, 0.15) is 0 Å². The van der Waals surface area contributed by atoms with Gasteiger partial charge in [-0.3, -0.25) is 0 Å². The SMILES string of the molecule is CCCCN1C=CC(C(=O)O)=C(c2ccc(-c3ccccc3)c(Cl)c2)C1.Cl. The predicted octanol–water partition coefficient (Wildman–Crippen LogP) is 5.90. The number of carbonyl (C=O) groups is 1. The Hall–Kier alpha value is -2.23. The molecule has 1 aliphatic heterocycles. The molecule has 0 fully saturated rings. The molecule has 0 aromatic heterocycles. The summed E-state index contributed by atoms with van der Waals surface area (Å²) in [5.41, 5.74) is 3.99. The summed E-state index contributed by atoms with van der Waals surface area (Å²) in [5.74, 6) is -0.908. The summed E-state index contributed by atoms with van der Waals surface area (Å²) in [7, 11) is 0. The maximum absolute atomic E-state index is 11.7. The van der Waals surface area contributed by atoms with Gasteiger partial charge in [0.2, 0.25) is 0 Å². The van der Waals surface area contributed by atoms with E-state index >= 15 is 0 Å². The zero-order chi connectivity index (χ0) is 18.5. The first-order valence-electron chi connectivity index (χ1n) is 8.84. The van der Waals surface area contributed by atoms with Crippen LogP contribution in [0.25, 0.3) is 16.7 Å². The van der Waals surface area contributed by atoms with E-state index in [0.717, 1.165) is 41.6 Å². The molecule has 3 rings (SSSR count). The number of nitrogens with zero attached hydrogens (tertiary/aromatic N) is 1. The molecule has 3 nitrogen and oxygen atoms in total. The molecule has 0 amide bonds. The van der Waals surface area contributed by atoms with E-state index in [4.69, 9.17) is 11.6 Å². The van der Waals surface area contributed by atoms with Crippen LogP contribution in [-0.2, 0) is 4.79 Å². The fourth-order valence-corrected chi connectivity index (χ4v) is 3.43. The van der Waals surface area contributed by atoms with E-state index in [1.54, 1.807) is 6.08 Å². The van der Waals surface area contributed by atoms with Crippen LogP contribution in [0.5, 0.6) is 0 Å². The zero-order valence-corrected chi connectivity index (χ0v) is 16.8. The van der Waals surface area contributed by atoms with Crippen molar-refractivity contribution in [3.05, 3.63) is 77.0 Å². The third kappa shape index (κ3) is 4.94. The molecule has 1 N–H and O–H groups in total. The monoisotopic (exact) mass is 403 g/mol. The van der Waals surface area contributed by atoms with Gasteiger partial charge >= 0.3 is 5.97 Å². The smallest absolute Gasteiger partial charge is 0.336 e. The third-order valence-corrected chi connectivity index (χ3v) is 4.88. The Balaban J connectivity index is 0.00000261. The molecule has 2 aromatic carbocycles. The first-order valence-corrected chi connectivity index (χ1v) is 9.22. The van der Waals surface area contributed by atoms with Crippen molar-refractivity contribution in [2.24, 2.45) is 0 Å². The van der Waals surface area contributed by atoms with E-state index in [9.17, 15) is 9.90 Å². The minimum Gasteiger partial charge on any atom is -0.478 e. The number of hydrogen-bond donors (Lipinski definition) is 1. The summed E-state index contributed by atoms with van der Waals surface area (Å²) in [5, 5.41) is 10.2. The van der Waals surface area contributed by atoms with Crippen LogP contribution in [0.3, 0.4) is 0 Å². The highest BCUT2D eigenvalue weighted by molar-refractivity contribution is 6.33. The average molecular weight is 404 g/mol. The lowest BCUT2D eigenvalue weighted by molar-refractivity contribution is -0.132. The Bertz CT molecular complexity index is 860. The molecule has 0 atom stereocenters. The van der Waals surface area contributed by atoms with Gasteiger partial charge in [-0.2, -0.15) is 0 Å². The van der Waals surface area contributed by atoms with Gasteiger partial charge in [0.25, 0.3) is 0 Å². The van der Waals surface area contributed by atoms with Gasteiger partial charge in [0.15, 0.2) is 0 Å². The highest BCUT2D eigenvalue weighted by Gasteiger charge is 2.20. The molecule has 0 spiro atoms. The van der Waals surface area contributed by atoms with Crippen molar-refractivity contribution in [1.82, 2.24) is 4.90 Å². The van der Waals surface area contributed by atoms with Crippen molar-refractivity contribution in [1.29, 1.82) is 0 Å². The quantitative estimate of drug-likeness (QED) is 0.652. The van der Waals surface area contributed by atoms with Gasteiger partial charge in [-0.05, 0) is 35.3 Å². The van der Waals surface area contributed by atoms with Crippen LogP contribution >= 0.6 is 24.0 Å². The predicted molar refractivity (Wildman–Crippen MR) is 114 cm³/mol. The van der Waals surface area contributed by atoms with Gasteiger partial charge in [0, 0.05) is 29.9 Å². The fraction of sp³-hybridized carbons (Fsp3) is 0.227. The molecule has 0 aliphatic carbocycles. The number of unbranched alkanes of at least 4 members (excludes halogenated alkanes) is 1. The average Bonchev–Trinajstić information content (AvgIpc) is 2.66. The lowest BCUT2D eigenvalue weighted by Crippen LogP contribution is -2.25. The van der Waals surface area contributed by atoms with Crippen molar-refractivity contribution in [2.45, 2.75) is 19.8 Å². The van der Waals surface area contributed by atoms with Crippen molar-refractivity contribution in [3.63, 3.8) is 0 Å². The van der Waals surface area contributed by atoms with Crippen LogP contribution in [0.4, 0.5) is 0 Å². The fourth-order valence-electron chi connectivity index (χ4n) is 3.14.